The second-order valence-electron chi connectivity index (χ2n) is 9.12. The van der Waals surface area contributed by atoms with Gasteiger partial charge < -0.3 is 14.2 Å². The van der Waals surface area contributed by atoms with Crippen molar-refractivity contribution in [2.24, 2.45) is 33.1 Å². The van der Waals surface area contributed by atoms with Gasteiger partial charge in [-0.05, 0) is 40.4 Å². The van der Waals surface area contributed by atoms with Crippen LogP contribution >= 0.6 is 0 Å². The van der Waals surface area contributed by atoms with E-state index in [0.717, 1.165) is 5.56 Å². The summed E-state index contributed by atoms with van der Waals surface area (Å²) in [6.45, 7) is 10.1. The van der Waals surface area contributed by atoms with Crippen LogP contribution < -0.4 is 0 Å². The van der Waals surface area contributed by atoms with Crippen LogP contribution in [0.4, 0.5) is 0 Å². The Labute approximate surface area is 204 Å². The van der Waals surface area contributed by atoms with Crippen molar-refractivity contribution in [3.8, 4) is 0 Å². The van der Waals surface area contributed by atoms with Gasteiger partial charge in [-0.1, -0.05) is 72.5 Å². The largest absolute Gasteiger partial charge is 0.373 e. The van der Waals surface area contributed by atoms with E-state index in [1.54, 1.807) is 6.08 Å². The Morgan fingerprint density at radius 2 is 1.57 bits per heavy atom. The maximum absolute atomic E-state index is 9.21. The average molecular weight is 482 g/mol. The summed E-state index contributed by atoms with van der Waals surface area (Å²) in [7, 11) is 0. The molecule has 0 aromatic heterocycles. The van der Waals surface area contributed by atoms with Crippen molar-refractivity contribution in [2.75, 3.05) is 0 Å². The van der Waals surface area contributed by atoms with Crippen molar-refractivity contribution < 1.29 is 14.2 Å². The van der Waals surface area contributed by atoms with Gasteiger partial charge in [0.05, 0.1) is 43.0 Å². The highest BCUT2D eigenvalue weighted by Crippen LogP contribution is 2.39. The molecule has 0 N–H and O–H groups in total. The Kier molecular flexibility index (Phi) is 9.39. The fourth-order valence-corrected chi connectivity index (χ4v) is 4.98. The van der Waals surface area contributed by atoms with E-state index in [4.69, 9.17) is 25.3 Å². The molecule has 1 heterocycles. The van der Waals surface area contributed by atoms with Gasteiger partial charge in [0.15, 0.2) is 6.29 Å². The first-order valence-electron chi connectivity index (χ1n) is 11.7. The van der Waals surface area contributed by atoms with Gasteiger partial charge >= 0.3 is 0 Å². The summed E-state index contributed by atoms with van der Waals surface area (Å²) >= 11 is 0. The normalized spacial score (nSPS) is 36.7. The van der Waals surface area contributed by atoms with Crippen molar-refractivity contribution in [3.63, 3.8) is 0 Å². The van der Waals surface area contributed by atoms with Gasteiger partial charge in [-0.25, -0.2) is 0 Å². The summed E-state index contributed by atoms with van der Waals surface area (Å²) in [5.74, 6) is -0.299. The molecule has 1 aliphatic carbocycles. The quantitative estimate of drug-likeness (QED) is 0.176. The van der Waals surface area contributed by atoms with Crippen molar-refractivity contribution >= 4 is 0 Å². The molecular formula is C23H31N9O3. The first-order valence-corrected chi connectivity index (χ1v) is 11.7. The van der Waals surface area contributed by atoms with Gasteiger partial charge in [-0.15, -0.1) is 6.58 Å². The highest BCUT2D eigenvalue weighted by molar-refractivity contribution is 5.13. The zero-order valence-electron chi connectivity index (χ0n) is 20.1. The summed E-state index contributed by atoms with van der Waals surface area (Å²) in [5.41, 5.74) is 28.5. The van der Waals surface area contributed by atoms with Gasteiger partial charge in [0.25, 0.3) is 0 Å². The lowest BCUT2D eigenvalue weighted by Crippen LogP contribution is -2.56. The van der Waals surface area contributed by atoms with E-state index >= 15 is 0 Å². The van der Waals surface area contributed by atoms with Crippen molar-refractivity contribution in [2.45, 2.75) is 76.5 Å². The van der Waals surface area contributed by atoms with Crippen LogP contribution in [-0.2, 0) is 20.8 Å². The number of ether oxygens (including phenoxy) is 3. The van der Waals surface area contributed by atoms with Gasteiger partial charge in [-0.3, -0.25) is 0 Å². The van der Waals surface area contributed by atoms with Crippen molar-refractivity contribution in [1.29, 1.82) is 0 Å². The molecule has 0 bridgehead atoms. The van der Waals surface area contributed by atoms with E-state index in [1.165, 1.54) is 0 Å². The first-order chi connectivity index (χ1) is 16.9. The lowest BCUT2D eigenvalue weighted by atomic mass is 9.78. The molecule has 0 spiro atoms. The fourth-order valence-electron chi connectivity index (χ4n) is 4.98. The molecule has 10 atom stereocenters. The van der Waals surface area contributed by atoms with E-state index < -0.39 is 36.6 Å². The Hall–Kier alpha value is -3.23. The molecule has 4 unspecified atom stereocenters. The van der Waals surface area contributed by atoms with Gasteiger partial charge in [0.1, 0.15) is 0 Å². The van der Waals surface area contributed by atoms with Crippen LogP contribution in [0, 0.1) is 17.8 Å². The SMILES string of the molecule is C=CC1O[C@H](O[C@@H]2C(N=[N+]=[N-])C[C@@H](N=[N+]=[N-])C(OCc3ccccc3)[C@H]2C)C(N=[N+]=[N-])[C@@H](C)[C@@H]1C. The van der Waals surface area contributed by atoms with E-state index in [0.29, 0.717) is 6.61 Å². The summed E-state index contributed by atoms with van der Waals surface area (Å²) in [5, 5.41) is 11.8. The zero-order valence-corrected chi connectivity index (χ0v) is 20.1. The molecule has 0 radical (unpaired) electrons. The minimum atomic E-state index is -0.866. The number of benzene rings is 1. The Morgan fingerprint density at radius 1 is 0.943 bits per heavy atom. The molecule has 1 aromatic carbocycles. The molecular weight excluding hydrogens is 450 g/mol. The number of nitrogens with zero attached hydrogens (tertiary/aromatic N) is 9. The van der Waals surface area contributed by atoms with E-state index in [9.17, 15) is 5.53 Å². The lowest BCUT2D eigenvalue weighted by Gasteiger charge is -2.47. The topological polar surface area (TPSA) is 174 Å². The molecule has 1 saturated heterocycles. The van der Waals surface area contributed by atoms with Crippen LogP contribution in [0.1, 0.15) is 32.8 Å². The Bertz CT molecular complexity index is 1000. The van der Waals surface area contributed by atoms with Crippen LogP contribution in [0.3, 0.4) is 0 Å². The molecule has 12 nitrogen and oxygen atoms in total. The van der Waals surface area contributed by atoms with Crippen LogP contribution in [0.25, 0.3) is 31.3 Å². The molecule has 1 saturated carbocycles. The first kappa shape index (κ1) is 26.4. The zero-order chi connectivity index (χ0) is 25.4. The fraction of sp³-hybridized carbons (Fsp3) is 0.652. The van der Waals surface area contributed by atoms with Crippen molar-refractivity contribution in [3.05, 3.63) is 79.9 Å². The Morgan fingerprint density at radius 3 is 2.17 bits per heavy atom. The third-order valence-electron chi connectivity index (χ3n) is 7.13. The predicted molar refractivity (Wildman–Crippen MR) is 130 cm³/mol. The van der Waals surface area contributed by atoms with Gasteiger partial charge in [0, 0.05) is 20.7 Å². The Balaban J connectivity index is 1.89. The van der Waals surface area contributed by atoms with E-state index in [1.807, 2.05) is 51.1 Å². The number of rotatable bonds is 9. The molecule has 186 valence electrons. The van der Waals surface area contributed by atoms with Crippen LogP contribution in [0.2, 0.25) is 0 Å². The third kappa shape index (κ3) is 6.07. The third-order valence-corrected chi connectivity index (χ3v) is 7.13. The monoisotopic (exact) mass is 481 g/mol. The standard InChI is InChI=1S/C23H31N9O3/c1-5-19-13(2)14(3)20(29-32-26)23(34-19)35-22-15(4)21(33-12-16-9-7-6-8-10-16)17(27-30-24)11-18(22)28-31-25/h5-10,13-15,17-23H,1,11-12H2,2-4H3/t13-,14-,15+,17+,18?,19?,20?,21?,22-,23+/m0/s1. The average Bonchev–Trinajstić information content (AvgIpc) is 2.86. The lowest BCUT2D eigenvalue weighted by molar-refractivity contribution is -0.256. The van der Waals surface area contributed by atoms with E-state index in [2.05, 4.69) is 36.7 Å². The second-order valence-corrected chi connectivity index (χ2v) is 9.12. The van der Waals surface area contributed by atoms with Crippen LogP contribution in [-0.4, -0.2) is 42.7 Å². The molecule has 2 fully saturated rings. The number of hydrogen-bond donors (Lipinski definition) is 0. The van der Waals surface area contributed by atoms with Gasteiger partial charge in [-0.2, -0.15) is 0 Å². The molecule has 0 amide bonds. The summed E-state index contributed by atoms with van der Waals surface area (Å²) in [4.78, 5) is 8.99. The van der Waals surface area contributed by atoms with Gasteiger partial charge in [0.2, 0.25) is 0 Å². The molecule has 1 aromatic rings. The predicted octanol–water partition coefficient (Wildman–Crippen LogP) is 6.22. The molecule has 3 rings (SSSR count). The highest BCUT2D eigenvalue weighted by atomic mass is 16.7. The maximum atomic E-state index is 9.21. The van der Waals surface area contributed by atoms with Crippen LogP contribution in [0.5, 0.6) is 0 Å². The number of azide groups is 3. The minimum Gasteiger partial charge on any atom is -0.373 e. The molecule has 35 heavy (non-hydrogen) atoms. The van der Waals surface area contributed by atoms with Crippen LogP contribution in [0.15, 0.2) is 58.3 Å². The van der Waals surface area contributed by atoms with Crippen molar-refractivity contribution in [1.82, 2.24) is 0 Å². The smallest absolute Gasteiger partial charge is 0.167 e. The summed E-state index contributed by atoms with van der Waals surface area (Å²) in [6.07, 6.45) is -0.313. The molecule has 12 heteroatoms. The minimum absolute atomic E-state index is 0.0365. The second kappa shape index (κ2) is 12.5. The summed E-state index contributed by atoms with van der Waals surface area (Å²) < 4.78 is 18.8. The summed E-state index contributed by atoms with van der Waals surface area (Å²) in [6, 6.07) is 7.91. The number of hydrogen-bond acceptors (Lipinski definition) is 6. The van der Waals surface area contributed by atoms with E-state index in [-0.39, 0.29) is 30.3 Å². The maximum Gasteiger partial charge on any atom is 0.167 e. The molecule has 2 aliphatic rings. The molecule has 1 aliphatic heterocycles. The highest BCUT2D eigenvalue weighted by Gasteiger charge is 2.48.